The van der Waals surface area contributed by atoms with Gasteiger partial charge in [0, 0.05) is 13.5 Å². The third-order valence-electron chi connectivity index (χ3n) is 1.96. The molecule has 70 valence electrons. The first-order chi connectivity index (χ1) is 6.25. The van der Waals surface area contributed by atoms with Crippen LogP contribution in [0, 0.1) is 18.8 Å². The summed E-state index contributed by atoms with van der Waals surface area (Å²) >= 11 is 0. The first kappa shape index (κ1) is 9.82. The number of rotatable bonds is 2. The third kappa shape index (κ3) is 2.60. The Bertz CT molecular complexity index is 328. The Hall–Kier alpha value is -1.27. The Morgan fingerprint density at radius 3 is 2.92 bits per heavy atom. The summed E-state index contributed by atoms with van der Waals surface area (Å²) in [5.41, 5.74) is 7.48. The first-order valence-corrected chi connectivity index (χ1v) is 4.43. The molecule has 1 rings (SSSR count). The molecule has 13 heavy (non-hydrogen) atoms. The van der Waals surface area contributed by atoms with Gasteiger partial charge in [-0.2, -0.15) is 5.10 Å². The molecule has 0 aliphatic heterocycles. The highest BCUT2D eigenvalue weighted by Gasteiger charge is 1.98. The molecular weight excluding hydrogens is 162 g/mol. The molecule has 0 fully saturated rings. The van der Waals surface area contributed by atoms with Crippen LogP contribution < -0.4 is 5.73 Å². The van der Waals surface area contributed by atoms with E-state index in [1.165, 1.54) is 0 Å². The van der Waals surface area contributed by atoms with Gasteiger partial charge in [-0.1, -0.05) is 11.8 Å². The van der Waals surface area contributed by atoms with Crippen LogP contribution in [0.5, 0.6) is 0 Å². The van der Waals surface area contributed by atoms with Crippen LogP contribution in [0.1, 0.15) is 24.1 Å². The highest BCUT2D eigenvalue weighted by Crippen LogP contribution is 2.02. The van der Waals surface area contributed by atoms with Crippen LogP contribution in [0.4, 0.5) is 0 Å². The van der Waals surface area contributed by atoms with Gasteiger partial charge in [0.15, 0.2) is 0 Å². The van der Waals surface area contributed by atoms with Gasteiger partial charge in [0.1, 0.15) is 0 Å². The SMILES string of the molecule is Cc1c(C#CCCCN)cnn1C. The second kappa shape index (κ2) is 4.68. The highest BCUT2D eigenvalue weighted by atomic mass is 15.3. The van der Waals surface area contributed by atoms with E-state index in [0.29, 0.717) is 6.54 Å². The van der Waals surface area contributed by atoms with Crippen molar-refractivity contribution in [3.05, 3.63) is 17.5 Å². The Balaban J connectivity index is 2.61. The number of nitrogens with two attached hydrogens (primary N) is 1. The minimum Gasteiger partial charge on any atom is -0.330 e. The van der Waals surface area contributed by atoms with Gasteiger partial charge in [0.05, 0.1) is 17.5 Å². The molecule has 3 heteroatoms. The second-order valence-corrected chi connectivity index (χ2v) is 2.96. The molecule has 2 N–H and O–H groups in total. The summed E-state index contributed by atoms with van der Waals surface area (Å²) in [5, 5.41) is 4.10. The van der Waals surface area contributed by atoms with Crippen LogP contribution in [0.15, 0.2) is 6.20 Å². The van der Waals surface area contributed by atoms with Gasteiger partial charge >= 0.3 is 0 Å². The van der Waals surface area contributed by atoms with Crippen molar-refractivity contribution < 1.29 is 0 Å². The average molecular weight is 177 g/mol. The van der Waals surface area contributed by atoms with Gasteiger partial charge in [0.25, 0.3) is 0 Å². The molecule has 0 aromatic carbocycles. The number of nitrogens with zero attached hydrogens (tertiary/aromatic N) is 2. The van der Waals surface area contributed by atoms with Gasteiger partial charge in [-0.3, -0.25) is 4.68 Å². The van der Waals surface area contributed by atoms with Gasteiger partial charge in [0.2, 0.25) is 0 Å². The Kier molecular flexibility index (Phi) is 3.53. The number of hydrogen-bond donors (Lipinski definition) is 1. The summed E-state index contributed by atoms with van der Waals surface area (Å²) in [6.07, 6.45) is 3.63. The maximum atomic E-state index is 5.36. The van der Waals surface area contributed by atoms with Crippen molar-refractivity contribution in [2.45, 2.75) is 19.8 Å². The predicted molar refractivity (Wildman–Crippen MR) is 53.1 cm³/mol. The molecule has 0 unspecified atom stereocenters. The summed E-state index contributed by atoms with van der Waals surface area (Å²) in [7, 11) is 1.92. The van der Waals surface area contributed by atoms with Gasteiger partial charge in [-0.15, -0.1) is 0 Å². The topological polar surface area (TPSA) is 43.8 Å². The molecule has 1 aromatic rings. The molecule has 0 radical (unpaired) electrons. The molecule has 0 atom stereocenters. The molecule has 1 heterocycles. The minimum atomic E-state index is 0.709. The van der Waals surface area contributed by atoms with E-state index in [1.54, 1.807) is 6.20 Å². The van der Waals surface area contributed by atoms with E-state index in [0.717, 1.165) is 24.1 Å². The zero-order valence-electron chi connectivity index (χ0n) is 8.17. The lowest BCUT2D eigenvalue weighted by Gasteiger charge is -1.91. The van der Waals surface area contributed by atoms with Crippen LogP contribution in [-0.2, 0) is 7.05 Å². The van der Waals surface area contributed by atoms with Crippen LogP contribution in [0.25, 0.3) is 0 Å². The van der Waals surface area contributed by atoms with Crippen LogP contribution in [-0.4, -0.2) is 16.3 Å². The molecular formula is C10H15N3. The van der Waals surface area contributed by atoms with Crippen molar-refractivity contribution in [2.24, 2.45) is 12.8 Å². The van der Waals surface area contributed by atoms with Crippen molar-refractivity contribution in [3.63, 3.8) is 0 Å². The van der Waals surface area contributed by atoms with Crippen LogP contribution >= 0.6 is 0 Å². The van der Waals surface area contributed by atoms with Gasteiger partial charge in [-0.25, -0.2) is 0 Å². The fourth-order valence-corrected chi connectivity index (χ4v) is 0.970. The Labute approximate surface area is 78.9 Å². The maximum Gasteiger partial charge on any atom is 0.0654 e. The van der Waals surface area contributed by atoms with Crippen molar-refractivity contribution in [1.29, 1.82) is 0 Å². The number of aromatic nitrogens is 2. The zero-order valence-corrected chi connectivity index (χ0v) is 8.17. The number of hydrogen-bond acceptors (Lipinski definition) is 2. The van der Waals surface area contributed by atoms with E-state index in [4.69, 9.17) is 5.73 Å². The average Bonchev–Trinajstić information content (AvgIpc) is 2.43. The quantitative estimate of drug-likeness (QED) is 0.537. The molecule has 0 aliphatic rings. The van der Waals surface area contributed by atoms with Crippen molar-refractivity contribution >= 4 is 0 Å². The molecule has 0 aliphatic carbocycles. The van der Waals surface area contributed by atoms with E-state index in [1.807, 2.05) is 18.7 Å². The molecule has 0 amide bonds. The predicted octanol–water partition coefficient (Wildman–Crippen LogP) is 0.819. The number of aryl methyl sites for hydroxylation is 1. The molecule has 0 saturated carbocycles. The normalized spacial score (nSPS) is 9.46. The summed E-state index contributed by atoms with van der Waals surface area (Å²) in [5.74, 6) is 6.15. The van der Waals surface area contributed by atoms with E-state index < -0.39 is 0 Å². The molecule has 0 spiro atoms. The standard InChI is InChI=1S/C10H15N3/c1-9-10(8-12-13(9)2)6-4-3-5-7-11/h8H,3,5,7,11H2,1-2H3. The molecule has 3 nitrogen and oxygen atoms in total. The van der Waals surface area contributed by atoms with E-state index in [-0.39, 0.29) is 0 Å². The lowest BCUT2D eigenvalue weighted by Crippen LogP contribution is -1.96. The Morgan fingerprint density at radius 2 is 2.38 bits per heavy atom. The monoisotopic (exact) mass is 177 g/mol. The lowest BCUT2D eigenvalue weighted by molar-refractivity contribution is 0.740. The summed E-state index contributed by atoms with van der Waals surface area (Å²) < 4.78 is 1.83. The van der Waals surface area contributed by atoms with Gasteiger partial charge in [-0.05, 0) is 19.9 Å². The number of unbranched alkanes of at least 4 members (excludes halogenated alkanes) is 1. The van der Waals surface area contributed by atoms with E-state index in [9.17, 15) is 0 Å². The van der Waals surface area contributed by atoms with E-state index >= 15 is 0 Å². The third-order valence-corrected chi connectivity index (χ3v) is 1.96. The van der Waals surface area contributed by atoms with Crippen molar-refractivity contribution in [2.75, 3.05) is 6.54 Å². The van der Waals surface area contributed by atoms with Gasteiger partial charge < -0.3 is 5.73 Å². The van der Waals surface area contributed by atoms with Crippen molar-refractivity contribution in [3.8, 4) is 11.8 Å². The second-order valence-electron chi connectivity index (χ2n) is 2.96. The minimum absolute atomic E-state index is 0.709. The van der Waals surface area contributed by atoms with Crippen LogP contribution in [0.3, 0.4) is 0 Å². The summed E-state index contributed by atoms with van der Waals surface area (Å²) in [6.45, 7) is 2.72. The summed E-state index contributed by atoms with van der Waals surface area (Å²) in [4.78, 5) is 0. The highest BCUT2D eigenvalue weighted by molar-refractivity contribution is 5.35. The fraction of sp³-hybridized carbons (Fsp3) is 0.500. The fourth-order valence-electron chi connectivity index (χ4n) is 0.970. The summed E-state index contributed by atoms with van der Waals surface area (Å²) in [6, 6.07) is 0. The van der Waals surface area contributed by atoms with E-state index in [2.05, 4.69) is 16.9 Å². The molecule has 1 aromatic heterocycles. The van der Waals surface area contributed by atoms with Crippen molar-refractivity contribution in [1.82, 2.24) is 9.78 Å². The Morgan fingerprint density at radius 1 is 1.62 bits per heavy atom. The molecule has 0 bridgehead atoms. The largest absolute Gasteiger partial charge is 0.330 e. The zero-order chi connectivity index (χ0) is 9.68. The lowest BCUT2D eigenvalue weighted by atomic mass is 10.2. The van der Waals surface area contributed by atoms with Crippen LogP contribution in [0.2, 0.25) is 0 Å². The smallest absolute Gasteiger partial charge is 0.0654 e. The maximum absolute atomic E-state index is 5.36. The first-order valence-electron chi connectivity index (χ1n) is 4.43. The molecule has 0 saturated heterocycles.